The summed E-state index contributed by atoms with van der Waals surface area (Å²) < 4.78 is 1.24. The van der Waals surface area contributed by atoms with Gasteiger partial charge in [0.15, 0.2) is 5.69 Å². The highest BCUT2D eigenvalue weighted by Crippen LogP contribution is 2.32. The second-order valence-corrected chi connectivity index (χ2v) is 8.79. The molecule has 0 unspecified atom stereocenters. The monoisotopic (exact) mass is 453 g/mol. The fourth-order valence-corrected chi connectivity index (χ4v) is 5.02. The van der Waals surface area contributed by atoms with Gasteiger partial charge in [-0.2, -0.15) is 0 Å². The number of nitrogens with one attached hydrogen (secondary N) is 1. The lowest BCUT2D eigenvalue weighted by Crippen LogP contribution is -2.39. The molecule has 1 aromatic carbocycles. The number of aromatic nitrogens is 3. The summed E-state index contributed by atoms with van der Waals surface area (Å²) in [5, 5.41) is 2.68. The molecule has 0 fully saturated rings. The third-order valence-corrected chi connectivity index (χ3v) is 6.94. The van der Waals surface area contributed by atoms with Gasteiger partial charge in [-0.25, -0.2) is 9.78 Å². The fourth-order valence-electron chi connectivity index (χ4n) is 3.18. The number of nitrogens with two attached hydrogens (primary N) is 1. The minimum atomic E-state index is -0.719. The van der Waals surface area contributed by atoms with Crippen molar-refractivity contribution in [3.63, 3.8) is 0 Å². The van der Waals surface area contributed by atoms with Crippen molar-refractivity contribution in [2.24, 2.45) is 0 Å². The smallest absolute Gasteiger partial charge is 0.330 e. The SMILES string of the molecule is Cc1nc(-c2cccs2)sc1C(=O)N(C)c1c(N)n(Cc2ccccc2)c(=O)[nH]c1=O. The first-order valence-electron chi connectivity index (χ1n) is 9.32. The average molecular weight is 454 g/mol. The zero-order valence-corrected chi connectivity index (χ0v) is 18.4. The normalized spacial score (nSPS) is 10.9. The van der Waals surface area contributed by atoms with E-state index >= 15 is 0 Å². The molecule has 3 aromatic heterocycles. The van der Waals surface area contributed by atoms with Gasteiger partial charge in [-0.3, -0.25) is 19.1 Å². The number of H-pyrrole nitrogens is 1. The molecule has 31 heavy (non-hydrogen) atoms. The number of carbonyl (C=O) groups is 1. The summed E-state index contributed by atoms with van der Waals surface area (Å²) in [4.78, 5) is 47.5. The number of thiazole rings is 1. The molecule has 0 atom stereocenters. The molecule has 4 aromatic rings. The molecule has 1 amide bonds. The van der Waals surface area contributed by atoms with Gasteiger partial charge in [0.05, 0.1) is 17.1 Å². The number of anilines is 2. The summed E-state index contributed by atoms with van der Waals surface area (Å²) in [6.45, 7) is 1.91. The van der Waals surface area contributed by atoms with Crippen LogP contribution in [0.15, 0.2) is 57.4 Å². The summed E-state index contributed by atoms with van der Waals surface area (Å²) in [6.07, 6.45) is 0. The van der Waals surface area contributed by atoms with Crippen LogP contribution in [0.2, 0.25) is 0 Å². The van der Waals surface area contributed by atoms with Crippen molar-refractivity contribution < 1.29 is 4.79 Å². The van der Waals surface area contributed by atoms with E-state index in [-0.39, 0.29) is 18.1 Å². The van der Waals surface area contributed by atoms with Crippen LogP contribution >= 0.6 is 22.7 Å². The number of aromatic amines is 1. The quantitative estimate of drug-likeness (QED) is 0.482. The standard InChI is InChI=1S/C21H19N5O3S2/c1-12-16(31-19(23-12)14-9-6-10-30-14)20(28)25(2)15-17(22)26(21(29)24-18(15)27)11-13-7-4-3-5-8-13/h3-10H,11,22H2,1-2H3,(H,24,27,29). The van der Waals surface area contributed by atoms with Crippen LogP contribution in [0.25, 0.3) is 9.88 Å². The van der Waals surface area contributed by atoms with Gasteiger partial charge in [0.1, 0.15) is 15.7 Å². The van der Waals surface area contributed by atoms with E-state index in [2.05, 4.69) is 9.97 Å². The summed E-state index contributed by atoms with van der Waals surface area (Å²) in [5.41, 5.74) is 6.18. The van der Waals surface area contributed by atoms with E-state index in [1.165, 1.54) is 39.2 Å². The molecular formula is C21H19N5O3S2. The first kappa shape index (κ1) is 20.8. The highest BCUT2D eigenvalue weighted by atomic mass is 32.1. The van der Waals surface area contributed by atoms with Gasteiger partial charge in [0, 0.05) is 7.05 Å². The Labute approximate surface area is 185 Å². The molecule has 10 heteroatoms. The predicted octanol–water partition coefficient (Wildman–Crippen LogP) is 2.94. The Morgan fingerprint density at radius 2 is 1.94 bits per heavy atom. The van der Waals surface area contributed by atoms with E-state index in [0.29, 0.717) is 10.6 Å². The number of rotatable bonds is 5. The summed E-state index contributed by atoms with van der Waals surface area (Å²) in [5.74, 6) is -0.492. The number of benzene rings is 1. The Morgan fingerprint density at radius 3 is 2.61 bits per heavy atom. The van der Waals surface area contributed by atoms with Crippen molar-refractivity contribution in [3.05, 3.63) is 84.8 Å². The van der Waals surface area contributed by atoms with E-state index < -0.39 is 17.2 Å². The Bertz CT molecular complexity index is 1350. The molecule has 158 valence electrons. The van der Waals surface area contributed by atoms with Gasteiger partial charge in [-0.1, -0.05) is 36.4 Å². The van der Waals surface area contributed by atoms with E-state index in [1.807, 2.05) is 47.8 Å². The lowest BCUT2D eigenvalue weighted by atomic mass is 10.2. The molecule has 0 aliphatic rings. The minimum Gasteiger partial charge on any atom is -0.383 e. The highest BCUT2D eigenvalue weighted by Gasteiger charge is 2.25. The van der Waals surface area contributed by atoms with Crippen molar-refractivity contribution in [2.45, 2.75) is 13.5 Å². The molecular weight excluding hydrogens is 434 g/mol. The number of nitrogen functional groups attached to an aromatic ring is 1. The largest absolute Gasteiger partial charge is 0.383 e. The van der Waals surface area contributed by atoms with Crippen LogP contribution in [0.1, 0.15) is 20.9 Å². The molecule has 3 N–H and O–H groups in total. The summed E-state index contributed by atoms with van der Waals surface area (Å²) >= 11 is 2.79. The van der Waals surface area contributed by atoms with E-state index in [4.69, 9.17) is 5.73 Å². The van der Waals surface area contributed by atoms with E-state index in [0.717, 1.165) is 15.4 Å². The molecule has 0 radical (unpaired) electrons. The van der Waals surface area contributed by atoms with Gasteiger partial charge in [-0.15, -0.1) is 22.7 Å². The number of nitrogens with zero attached hydrogens (tertiary/aromatic N) is 3. The molecule has 4 rings (SSSR count). The lowest BCUT2D eigenvalue weighted by molar-refractivity contribution is 0.0995. The lowest BCUT2D eigenvalue weighted by Gasteiger charge is -2.20. The van der Waals surface area contributed by atoms with Gasteiger partial charge < -0.3 is 10.6 Å². The number of hydrogen-bond donors (Lipinski definition) is 2. The maximum absolute atomic E-state index is 13.2. The number of amides is 1. The number of hydrogen-bond acceptors (Lipinski definition) is 7. The number of carbonyl (C=O) groups excluding carboxylic acids is 1. The molecule has 8 nitrogen and oxygen atoms in total. The minimum absolute atomic E-state index is 0.0749. The second kappa shape index (κ2) is 8.32. The second-order valence-electron chi connectivity index (χ2n) is 6.84. The molecule has 0 bridgehead atoms. The Morgan fingerprint density at radius 1 is 1.19 bits per heavy atom. The maximum atomic E-state index is 13.2. The van der Waals surface area contributed by atoms with Crippen molar-refractivity contribution in [3.8, 4) is 9.88 Å². The Kier molecular flexibility index (Phi) is 5.57. The molecule has 0 aliphatic carbocycles. The van der Waals surface area contributed by atoms with Crippen LogP contribution in [-0.4, -0.2) is 27.5 Å². The number of aryl methyl sites for hydroxylation is 1. The first-order valence-corrected chi connectivity index (χ1v) is 11.0. The van der Waals surface area contributed by atoms with Crippen LogP contribution < -0.4 is 21.9 Å². The van der Waals surface area contributed by atoms with E-state index in [1.54, 1.807) is 6.92 Å². The molecule has 0 spiro atoms. The summed E-state index contributed by atoms with van der Waals surface area (Å²) in [7, 11) is 1.46. The van der Waals surface area contributed by atoms with Crippen LogP contribution in [0.5, 0.6) is 0 Å². The van der Waals surface area contributed by atoms with Crippen LogP contribution in [0.3, 0.4) is 0 Å². The molecule has 0 saturated heterocycles. The Hall–Kier alpha value is -3.50. The van der Waals surface area contributed by atoms with Crippen molar-refractivity contribution in [2.75, 3.05) is 17.7 Å². The van der Waals surface area contributed by atoms with Crippen molar-refractivity contribution in [1.82, 2.24) is 14.5 Å². The van der Waals surface area contributed by atoms with Crippen molar-refractivity contribution in [1.29, 1.82) is 0 Å². The first-order chi connectivity index (χ1) is 14.9. The predicted molar refractivity (Wildman–Crippen MR) is 124 cm³/mol. The van der Waals surface area contributed by atoms with Crippen molar-refractivity contribution >= 4 is 40.1 Å². The third kappa shape index (κ3) is 3.94. The highest BCUT2D eigenvalue weighted by molar-refractivity contribution is 7.22. The van der Waals surface area contributed by atoms with Crippen LogP contribution in [0.4, 0.5) is 11.5 Å². The van der Waals surface area contributed by atoms with Gasteiger partial charge in [-0.05, 0) is 23.9 Å². The molecule has 0 aliphatic heterocycles. The van der Waals surface area contributed by atoms with Crippen LogP contribution in [-0.2, 0) is 6.54 Å². The third-order valence-electron chi connectivity index (χ3n) is 4.76. The van der Waals surface area contributed by atoms with E-state index in [9.17, 15) is 14.4 Å². The summed E-state index contributed by atoms with van der Waals surface area (Å²) in [6, 6.07) is 13.1. The fraction of sp³-hybridized carbons (Fsp3) is 0.143. The van der Waals surface area contributed by atoms with Gasteiger partial charge in [0.25, 0.3) is 11.5 Å². The maximum Gasteiger partial charge on any atom is 0.330 e. The van der Waals surface area contributed by atoms with Gasteiger partial charge >= 0.3 is 5.69 Å². The number of thiophene rings is 1. The average Bonchev–Trinajstić information content (AvgIpc) is 3.41. The Balaban J connectivity index is 1.72. The zero-order valence-electron chi connectivity index (χ0n) is 16.8. The molecule has 0 saturated carbocycles. The topological polar surface area (TPSA) is 114 Å². The van der Waals surface area contributed by atoms with Gasteiger partial charge in [0.2, 0.25) is 0 Å². The van der Waals surface area contributed by atoms with Crippen LogP contribution in [0, 0.1) is 6.92 Å². The zero-order chi connectivity index (χ0) is 22.1. The molecule has 3 heterocycles.